The van der Waals surface area contributed by atoms with Crippen molar-refractivity contribution in [3.8, 4) is 17.3 Å². The topological polar surface area (TPSA) is 95.0 Å². The van der Waals surface area contributed by atoms with Crippen molar-refractivity contribution >= 4 is 55.0 Å². The molecular formula is C21H14ClF2N7S. The van der Waals surface area contributed by atoms with Gasteiger partial charge in [0.1, 0.15) is 23.5 Å². The summed E-state index contributed by atoms with van der Waals surface area (Å²) < 4.78 is 30.2. The van der Waals surface area contributed by atoms with Crippen LogP contribution >= 0.6 is 22.9 Å². The molecule has 2 aromatic carbocycles. The van der Waals surface area contributed by atoms with E-state index in [4.69, 9.17) is 22.6 Å². The summed E-state index contributed by atoms with van der Waals surface area (Å²) >= 11 is 7.55. The van der Waals surface area contributed by atoms with Gasteiger partial charge in [0, 0.05) is 48.1 Å². The molecule has 4 heterocycles. The third-order valence-corrected chi connectivity index (χ3v) is 7.32. The molecule has 0 unspecified atom stereocenters. The summed E-state index contributed by atoms with van der Waals surface area (Å²) in [5.74, 6) is -0.492. The number of hydrogen-bond donors (Lipinski definition) is 1. The molecule has 7 nitrogen and oxygen atoms in total. The molecule has 0 amide bonds. The predicted octanol–water partition coefficient (Wildman–Crippen LogP) is 4.02. The number of hydrogen-bond acceptors (Lipinski definition) is 8. The third kappa shape index (κ3) is 2.64. The minimum absolute atomic E-state index is 0.0829. The molecule has 2 aliphatic heterocycles. The molecule has 0 aliphatic carbocycles. The first-order valence-corrected chi connectivity index (χ1v) is 11.0. The molecule has 11 heteroatoms. The van der Waals surface area contributed by atoms with Crippen LogP contribution in [0.2, 0.25) is 5.02 Å². The van der Waals surface area contributed by atoms with E-state index >= 15 is 4.39 Å². The Morgan fingerprint density at radius 2 is 1.94 bits per heavy atom. The summed E-state index contributed by atoms with van der Waals surface area (Å²) in [6.07, 6.45) is 3.48. The Hall–Kier alpha value is -3.29. The molecule has 0 bridgehead atoms. The Morgan fingerprint density at radius 1 is 1.16 bits per heavy atom. The van der Waals surface area contributed by atoms with Gasteiger partial charge in [0.25, 0.3) is 0 Å². The first-order chi connectivity index (χ1) is 15.4. The molecule has 0 atom stereocenters. The first kappa shape index (κ1) is 19.4. The Kier molecular flexibility index (Phi) is 4.00. The molecule has 1 spiro atoms. The molecule has 32 heavy (non-hydrogen) atoms. The van der Waals surface area contributed by atoms with E-state index in [2.05, 4.69) is 21.1 Å². The standard InChI is InChI=1S/C21H14ClF2N7S/c22-12-3-11-16(27-9-28-19(11)31-6-21(7-31)4-30(5-21)8-25)15(24)14(12)10-1-2-13(23)18-17(10)29-20(26)32-18/h1-3,9H,4-7H2,(H2,26,29). The van der Waals surface area contributed by atoms with E-state index < -0.39 is 11.6 Å². The van der Waals surface area contributed by atoms with Crippen molar-refractivity contribution in [2.75, 3.05) is 36.8 Å². The van der Waals surface area contributed by atoms with E-state index in [0.717, 1.165) is 37.5 Å². The third-order valence-electron chi connectivity index (χ3n) is 6.13. The molecule has 2 saturated heterocycles. The zero-order valence-corrected chi connectivity index (χ0v) is 18.0. The van der Waals surface area contributed by atoms with Gasteiger partial charge in [-0.15, -0.1) is 0 Å². The number of benzene rings is 2. The number of anilines is 2. The smallest absolute Gasteiger partial charge is 0.181 e. The lowest BCUT2D eigenvalue weighted by atomic mass is 9.73. The minimum atomic E-state index is -0.620. The summed E-state index contributed by atoms with van der Waals surface area (Å²) in [6.45, 7) is 2.91. The second-order valence-corrected chi connectivity index (χ2v) is 9.72. The second kappa shape index (κ2) is 6.60. The van der Waals surface area contributed by atoms with Crippen molar-refractivity contribution in [2.45, 2.75) is 0 Å². The number of fused-ring (bicyclic) bond motifs is 2. The van der Waals surface area contributed by atoms with Gasteiger partial charge in [-0.1, -0.05) is 22.9 Å². The summed E-state index contributed by atoms with van der Waals surface area (Å²) in [6, 6.07) is 4.35. The lowest BCUT2D eigenvalue weighted by Gasteiger charge is -2.59. The minimum Gasteiger partial charge on any atom is -0.375 e. The van der Waals surface area contributed by atoms with Crippen LogP contribution in [0.4, 0.5) is 19.7 Å². The van der Waals surface area contributed by atoms with Gasteiger partial charge in [-0.3, -0.25) is 0 Å². The summed E-state index contributed by atoms with van der Waals surface area (Å²) in [5, 5.41) is 9.82. The summed E-state index contributed by atoms with van der Waals surface area (Å²) in [7, 11) is 0. The Balaban J connectivity index is 1.46. The van der Waals surface area contributed by atoms with E-state index in [-0.39, 0.29) is 36.9 Å². The average Bonchev–Trinajstić information content (AvgIpc) is 3.10. The number of halogens is 3. The molecule has 2 aromatic heterocycles. The van der Waals surface area contributed by atoms with Gasteiger partial charge in [0.15, 0.2) is 17.1 Å². The van der Waals surface area contributed by atoms with E-state index in [1.807, 2.05) is 4.90 Å². The number of rotatable bonds is 2. The fourth-order valence-electron chi connectivity index (χ4n) is 4.76. The molecule has 4 aromatic rings. The average molecular weight is 470 g/mol. The molecule has 2 fully saturated rings. The van der Waals surface area contributed by atoms with Gasteiger partial charge in [-0.2, -0.15) is 5.26 Å². The maximum absolute atomic E-state index is 15.8. The Morgan fingerprint density at radius 3 is 2.69 bits per heavy atom. The lowest BCUT2D eigenvalue weighted by molar-refractivity contribution is 0.0193. The zero-order chi connectivity index (χ0) is 22.2. The van der Waals surface area contributed by atoms with Crippen molar-refractivity contribution in [3.05, 3.63) is 41.2 Å². The quantitative estimate of drug-likeness (QED) is 0.443. The Bertz CT molecular complexity index is 1470. The molecule has 2 aliphatic rings. The monoisotopic (exact) mass is 469 g/mol. The van der Waals surface area contributed by atoms with Crippen LogP contribution < -0.4 is 10.6 Å². The number of aromatic nitrogens is 3. The van der Waals surface area contributed by atoms with Crippen LogP contribution in [0, 0.1) is 28.5 Å². The van der Waals surface area contributed by atoms with E-state index in [0.29, 0.717) is 16.8 Å². The highest BCUT2D eigenvalue weighted by Gasteiger charge is 2.52. The maximum atomic E-state index is 15.8. The number of nitrogens with zero attached hydrogens (tertiary/aromatic N) is 6. The lowest BCUT2D eigenvalue weighted by Crippen LogP contribution is -2.71. The van der Waals surface area contributed by atoms with Gasteiger partial charge in [-0.25, -0.2) is 23.7 Å². The first-order valence-electron chi connectivity index (χ1n) is 9.76. The van der Waals surface area contributed by atoms with Crippen LogP contribution in [-0.4, -0.2) is 46.0 Å². The van der Waals surface area contributed by atoms with Gasteiger partial charge in [-0.05, 0) is 18.2 Å². The molecule has 0 saturated carbocycles. The molecule has 2 N–H and O–H groups in total. The van der Waals surface area contributed by atoms with Crippen molar-refractivity contribution in [3.63, 3.8) is 0 Å². The van der Waals surface area contributed by atoms with Crippen LogP contribution in [0.5, 0.6) is 0 Å². The second-order valence-electron chi connectivity index (χ2n) is 8.28. The number of nitriles is 1. The number of nitrogens with two attached hydrogens (primary N) is 1. The van der Waals surface area contributed by atoms with Crippen LogP contribution in [-0.2, 0) is 0 Å². The van der Waals surface area contributed by atoms with Crippen LogP contribution in [0.1, 0.15) is 0 Å². The van der Waals surface area contributed by atoms with Crippen molar-refractivity contribution in [1.29, 1.82) is 5.26 Å². The molecule has 160 valence electrons. The largest absolute Gasteiger partial charge is 0.375 e. The number of nitrogen functional groups attached to an aromatic ring is 1. The van der Waals surface area contributed by atoms with Crippen molar-refractivity contribution in [1.82, 2.24) is 19.9 Å². The fraction of sp³-hybridized carbons (Fsp3) is 0.238. The Labute approximate surface area is 189 Å². The molecule has 0 radical (unpaired) electrons. The zero-order valence-electron chi connectivity index (χ0n) is 16.4. The van der Waals surface area contributed by atoms with Gasteiger partial charge >= 0.3 is 0 Å². The van der Waals surface area contributed by atoms with Crippen LogP contribution in [0.15, 0.2) is 24.5 Å². The SMILES string of the molecule is N#CN1CC2(C1)CN(c1ncnc3c(F)c(-c4ccc(F)c5sc(N)nc45)c(Cl)cc13)C2. The van der Waals surface area contributed by atoms with Crippen molar-refractivity contribution < 1.29 is 8.78 Å². The van der Waals surface area contributed by atoms with Crippen molar-refractivity contribution in [2.24, 2.45) is 5.41 Å². The summed E-state index contributed by atoms with van der Waals surface area (Å²) in [4.78, 5) is 16.5. The van der Waals surface area contributed by atoms with E-state index in [1.165, 1.54) is 18.5 Å². The highest BCUT2D eigenvalue weighted by atomic mass is 35.5. The fourth-order valence-corrected chi connectivity index (χ4v) is 5.81. The predicted molar refractivity (Wildman–Crippen MR) is 119 cm³/mol. The normalized spacial score (nSPS) is 16.9. The van der Waals surface area contributed by atoms with Gasteiger partial charge < -0.3 is 15.5 Å². The van der Waals surface area contributed by atoms with Crippen LogP contribution in [0.3, 0.4) is 0 Å². The number of likely N-dealkylation sites (tertiary alicyclic amines) is 1. The van der Waals surface area contributed by atoms with E-state index in [9.17, 15) is 4.39 Å². The number of thiazole rings is 1. The maximum Gasteiger partial charge on any atom is 0.181 e. The van der Waals surface area contributed by atoms with Crippen LogP contribution in [0.25, 0.3) is 32.2 Å². The highest BCUT2D eigenvalue weighted by Crippen LogP contribution is 2.45. The van der Waals surface area contributed by atoms with Gasteiger partial charge in [0.05, 0.1) is 15.2 Å². The highest BCUT2D eigenvalue weighted by molar-refractivity contribution is 7.22. The summed E-state index contributed by atoms with van der Waals surface area (Å²) in [5.41, 5.74) is 6.70. The van der Waals surface area contributed by atoms with Gasteiger partial charge in [0.2, 0.25) is 0 Å². The molecule has 6 rings (SSSR count). The van der Waals surface area contributed by atoms with E-state index in [1.54, 1.807) is 11.0 Å². The molecular weight excluding hydrogens is 456 g/mol.